The van der Waals surface area contributed by atoms with Gasteiger partial charge in [-0.1, -0.05) is 6.07 Å². The van der Waals surface area contributed by atoms with Crippen molar-refractivity contribution < 1.29 is 9.59 Å². The molecule has 1 aliphatic rings. The van der Waals surface area contributed by atoms with Crippen molar-refractivity contribution in [1.82, 2.24) is 10.2 Å². The molecule has 1 heterocycles. The fourth-order valence-corrected chi connectivity index (χ4v) is 2.59. The summed E-state index contributed by atoms with van der Waals surface area (Å²) in [6.07, 6.45) is 1.86. The van der Waals surface area contributed by atoms with Gasteiger partial charge in [0.2, 0.25) is 11.8 Å². The second-order valence-corrected chi connectivity index (χ2v) is 5.02. The lowest BCUT2D eigenvalue weighted by molar-refractivity contribution is -0.125. The van der Waals surface area contributed by atoms with Gasteiger partial charge in [-0.2, -0.15) is 0 Å². The second kappa shape index (κ2) is 5.92. The van der Waals surface area contributed by atoms with E-state index in [1.165, 1.54) is 0 Å². The first kappa shape index (κ1) is 14.3. The van der Waals surface area contributed by atoms with Crippen LogP contribution in [0.2, 0.25) is 0 Å². The zero-order valence-corrected chi connectivity index (χ0v) is 11.6. The second-order valence-electron chi connectivity index (χ2n) is 5.02. The molecule has 1 fully saturated rings. The van der Waals surface area contributed by atoms with E-state index in [0.717, 1.165) is 24.9 Å². The Bertz CT molecular complexity index is 530. The van der Waals surface area contributed by atoms with Gasteiger partial charge in [-0.15, -0.1) is 0 Å². The molecule has 1 aliphatic heterocycles. The highest BCUT2D eigenvalue weighted by molar-refractivity contribution is 5.93. The number of amides is 2. The number of nitrogen functional groups attached to an aromatic ring is 1. The molecule has 1 aromatic rings. The van der Waals surface area contributed by atoms with Crippen molar-refractivity contribution in [2.75, 3.05) is 19.3 Å². The number of carbonyl (C=O) groups excluding carboxylic acids is 2. The molecule has 1 aromatic carbocycles. The van der Waals surface area contributed by atoms with Crippen molar-refractivity contribution in [3.63, 3.8) is 0 Å². The van der Waals surface area contributed by atoms with Crippen LogP contribution in [0.25, 0.3) is 0 Å². The lowest BCUT2D eigenvalue weighted by Crippen LogP contribution is -2.41. The topological polar surface area (TPSA) is 101 Å². The zero-order valence-electron chi connectivity index (χ0n) is 11.6. The summed E-state index contributed by atoms with van der Waals surface area (Å²) in [4.78, 5) is 25.0. The molecule has 6 heteroatoms. The molecule has 0 aliphatic carbocycles. The molecule has 0 bridgehead atoms. The Hall–Kier alpha value is -2.08. The summed E-state index contributed by atoms with van der Waals surface area (Å²) in [5.41, 5.74) is 13.0. The third kappa shape index (κ3) is 2.91. The van der Waals surface area contributed by atoms with Gasteiger partial charge in [0.1, 0.15) is 0 Å². The highest BCUT2D eigenvalue weighted by Crippen LogP contribution is 2.23. The van der Waals surface area contributed by atoms with Crippen molar-refractivity contribution in [3.05, 3.63) is 29.3 Å². The van der Waals surface area contributed by atoms with Crippen molar-refractivity contribution in [2.45, 2.75) is 25.4 Å². The molecular weight excluding hydrogens is 256 g/mol. The van der Waals surface area contributed by atoms with E-state index < -0.39 is 5.91 Å². The summed E-state index contributed by atoms with van der Waals surface area (Å²) in [6.45, 7) is 1.47. The van der Waals surface area contributed by atoms with Gasteiger partial charge in [0, 0.05) is 24.8 Å². The average molecular weight is 276 g/mol. The fraction of sp³-hybridized carbons (Fsp3) is 0.429. The zero-order chi connectivity index (χ0) is 14.7. The van der Waals surface area contributed by atoms with E-state index in [4.69, 9.17) is 11.5 Å². The van der Waals surface area contributed by atoms with E-state index >= 15 is 0 Å². The third-order valence-electron chi connectivity index (χ3n) is 3.72. The number of primary amides is 1. The number of rotatable bonds is 4. The van der Waals surface area contributed by atoms with Crippen LogP contribution in [0.1, 0.15) is 28.8 Å². The third-order valence-corrected chi connectivity index (χ3v) is 3.72. The first-order valence-electron chi connectivity index (χ1n) is 6.66. The Morgan fingerprint density at radius 2 is 2.20 bits per heavy atom. The molecule has 2 rings (SSSR count). The molecule has 6 nitrogen and oxygen atoms in total. The Labute approximate surface area is 118 Å². The van der Waals surface area contributed by atoms with E-state index in [0.29, 0.717) is 17.8 Å². The normalized spacial score (nSPS) is 18.9. The predicted molar refractivity (Wildman–Crippen MR) is 76.9 cm³/mol. The van der Waals surface area contributed by atoms with Crippen LogP contribution in [0.15, 0.2) is 18.2 Å². The standard InChI is InChI=1S/C14H20N4O2/c1-17-14(20)12-3-2-6-18(12)8-10-5-4-9(13(16)19)7-11(10)15/h4-5,7,12H,2-3,6,8,15H2,1H3,(H2,16,19)(H,17,20). The van der Waals surface area contributed by atoms with Crippen LogP contribution in [0.5, 0.6) is 0 Å². The van der Waals surface area contributed by atoms with E-state index in [-0.39, 0.29) is 11.9 Å². The minimum atomic E-state index is -0.493. The molecule has 0 aromatic heterocycles. The van der Waals surface area contributed by atoms with Gasteiger partial charge in [-0.3, -0.25) is 14.5 Å². The molecule has 1 saturated heterocycles. The van der Waals surface area contributed by atoms with E-state index in [1.54, 1.807) is 25.2 Å². The summed E-state index contributed by atoms with van der Waals surface area (Å²) in [6, 6.07) is 4.95. The lowest BCUT2D eigenvalue weighted by Gasteiger charge is -2.23. The Kier molecular flexibility index (Phi) is 4.24. The molecule has 0 radical (unpaired) electrons. The number of nitrogens with zero attached hydrogens (tertiary/aromatic N) is 1. The molecular formula is C14H20N4O2. The number of hydrogen-bond acceptors (Lipinski definition) is 4. The number of carbonyl (C=O) groups is 2. The van der Waals surface area contributed by atoms with Gasteiger partial charge in [-0.25, -0.2) is 0 Å². The van der Waals surface area contributed by atoms with Crippen LogP contribution < -0.4 is 16.8 Å². The summed E-state index contributed by atoms with van der Waals surface area (Å²) < 4.78 is 0. The van der Waals surface area contributed by atoms with Gasteiger partial charge in [0.15, 0.2) is 0 Å². The quantitative estimate of drug-likeness (QED) is 0.678. The molecule has 108 valence electrons. The first-order valence-corrected chi connectivity index (χ1v) is 6.66. The summed E-state index contributed by atoms with van der Waals surface area (Å²) in [5.74, 6) is -0.456. The summed E-state index contributed by atoms with van der Waals surface area (Å²) >= 11 is 0. The number of nitrogens with one attached hydrogen (secondary N) is 1. The Morgan fingerprint density at radius 1 is 1.45 bits per heavy atom. The van der Waals surface area contributed by atoms with Crippen LogP contribution in [0.3, 0.4) is 0 Å². The highest BCUT2D eigenvalue weighted by Gasteiger charge is 2.30. The smallest absolute Gasteiger partial charge is 0.248 e. The molecule has 0 saturated carbocycles. The molecule has 1 atom stereocenters. The number of hydrogen-bond donors (Lipinski definition) is 3. The first-order chi connectivity index (χ1) is 9.52. The van der Waals surface area contributed by atoms with E-state index in [2.05, 4.69) is 10.2 Å². The van der Waals surface area contributed by atoms with Gasteiger partial charge in [0.25, 0.3) is 0 Å². The van der Waals surface area contributed by atoms with Crippen molar-refractivity contribution in [3.8, 4) is 0 Å². The van der Waals surface area contributed by atoms with Crippen molar-refractivity contribution in [1.29, 1.82) is 0 Å². The molecule has 0 spiro atoms. The minimum absolute atomic E-state index is 0.0369. The largest absolute Gasteiger partial charge is 0.398 e. The number of benzene rings is 1. The monoisotopic (exact) mass is 276 g/mol. The van der Waals surface area contributed by atoms with Crippen LogP contribution in [-0.2, 0) is 11.3 Å². The number of anilines is 1. The van der Waals surface area contributed by atoms with Crippen LogP contribution in [0.4, 0.5) is 5.69 Å². The maximum Gasteiger partial charge on any atom is 0.248 e. The van der Waals surface area contributed by atoms with E-state index in [1.807, 2.05) is 0 Å². The van der Waals surface area contributed by atoms with Gasteiger partial charge < -0.3 is 16.8 Å². The summed E-state index contributed by atoms with van der Waals surface area (Å²) in [5, 5.41) is 2.69. The minimum Gasteiger partial charge on any atom is -0.398 e. The van der Waals surface area contributed by atoms with E-state index in [9.17, 15) is 9.59 Å². The Balaban J connectivity index is 2.13. The summed E-state index contributed by atoms with van der Waals surface area (Å²) in [7, 11) is 1.65. The molecule has 20 heavy (non-hydrogen) atoms. The van der Waals surface area contributed by atoms with Gasteiger partial charge in [0.05, 0.1) is 6.04 Å². The number of nitrogens with two attached hydrogens (primary N) is 2. The van der Waals surface area contributed by atoms with Crippen molar-refractivity contribution in [2.24, 2.45) is 5.73 Å². The highest BCUT2D eigenvalue weighted by atomic mass is 16.2. The predicted octanol–water partition coefficient (Wildman–Crippen LogP) is 0.0781. The van der Waals surface area contributed by atoms with Crippen LogP contribution in [-0.4, -0.2) is 36.3 Å². The number of likely N-dealkylation sites (tertiary alicyclic amines) is 1. The molecule has 2 amide bonds. The van der Waals surface area contributed by atoms with Crippen LogP contribution in [0, 0.1) is 0 Å². The maximum absolute atomic E-state index is 11.8. The maximum atomic E-state index is 11.8. The Morgan fingerprint density at radius 3 is 2.80 bits per heavy atom. The SMILES string of the molecule is CNC(=O)C1CCCN1Cc1ccc(C(N)=O)cc1N. The van der Waals surface area contributed by atoms with Gasteiger partial charge in [-0.05, 0) is 37.1 Å². The lowest BCUT2D eigenvalue weighted by atomic mass is 10.1. The molecule has 1 unspecified atom stereocenters. The van der Waals surface area contributed by atoms with Crippen molar-refractivity contribution >= 4 is 17.5 Å². The number of likely N-dealkylation sites (N-methyl/N-ethyl adjacent to an activating group) is 1. The molecule has 5 N–H and O–H groups in total. The fourth-order valence-electron chi connectivity index (χ4n) is 2.59. The van der Waals surface area contributed by atoms with Crippen LogP contribution >= 0.6 is 0 Å². The van der Waals surface area contributed by atoms with Gasteiger partial charge >= 0.3 is 0 Å². The average Bonchev–Trinajstić information content (AvgIpc) is 2.88.